The highest BCUT2D eigenvalue weighted by Crippen LogP contribution is 2.41. The number of rotatable bonds is 1. The number of phenolic OH excluding ortho intramolecular Hbond substituents is 1. The van der Waals surface area contributed by atoms with E-state index in [0.29, 0.717) is 5.75 Å². The third-order valence-electron chi connectivity index (χ3n) is 2.57. The molecule has 1 aromatic rings. The monoisotopic (exact) mass is 196 g/mol. The van der Waals surface area contributed by atoms with E-state index in [-0.39, 0.29) is 10.9 Å². The molecule has 1 fully saturated rings. The van der Waals surface area contributed by atoms with Gasteiger partial charge in [-0.1, -0.05) is 6.42 Å². The fourth-order valence-electron chi connectivity index (χ4n) is 1.82. The summed E-state index contributed by atoms with van der Waals surface area (Å²) in [4.78, 5) is 1.47. The van der Waals surface area contributed by atoms with Crippen molar-refractivity contribution in [3.8, 4) is 5.75 Å². The quantitative estimate of drug-likeness (QED) is 0.662. The molecular formula is C11H16OS. The second-order valence-electron chi connectivity index (χ2n) is 3.56. The molecule has 1 nitrogen and oxygen atoms in total. The zero-order valence-electron chi connectivity index (χ0n) is 7.74. The molecule has 1 aliphatic rings. The molecule has 2 heteroatoms. The molecule has 72 valence electrons. The first-order valence-electron chi connectivity index (χ1n) is 4.90. The third kappa shape index (κ3) is 2.19. The van der Waals surface area contributed by atoms with Crippen molar-refractivity contribution in [3.05, 3.63) is 24.3 Å². The summed E-state index contributed by atoms with van der Waals surface area (Å²) in [6.45, 7) is 0. The fourth-order valence-corrected chi connectivity index (χ4v) is 4.34. The van der Waals surface area contributed by atoms with Crippen LogP contribution < -0.4 is 0 Å². The number of thiol groups is 1. The van der Waals surface area contributed by atoms with Gasteiger partial charge in [0.25, 0.3) is 0 Å². The summed E-state index contributed by atoms with van der Waals surface area (Å²) in [5.41, 5.74) is 0. The molecular weight excluding hydrogens is 180 g/mol. The van der Waals surface area contributed by atoms with E-state index in [9.17, 15) is 0 Å². The highest BCUT2D eigenvalue weighted by Gasteiger charge is 2.10. The predicted octanol–water partition coefficient (Wildman–Crippen LogP) is 2.94. The van der Waals surface area contributed by atoms with Gasteiger partial charge < -0.3 is 5.11 Å². The molecule has 1 aromatic carbocycles. The first-order chi connectivity index (χ1) is 6.36. The second-order valence-corrected chi connectivity index (χ2v) is 6.05. The molecule has 0 amide bonds. The SMILES string of the molecule is Oc1ccc([SH]2CCCCC2)cc1. The third-order valence-corrected chi connectivity index (χ3v) is 5.31. The summed E-state index contributed by atoms with van der Waals surface area (Å²) >= 11 is 0. The van der Waals surface area contributed by atoms with Crippen molar-refractivity contribution in [3.63, 3.8) is 0 Å². The molecule has 0 aliphatic carbocycles. The fraction of sp³-hybridized carbons (Fsp3) is 0.455. The van der Waals surface area contributed by atoms with Crippen LogP contribution in [0.2, 0.25) is 0 Å². The van der Waals surface area contributed by atoms with Gasteiger partial charge in [0.05, 0.1) is 0 Å². The van der Waals surface area contributed by atoms with Crippen LogP contribution in [0.5, 0.6) is 5.75 Å². The van der Waals surface area contributed by atoms with Gasteiger partial charge in [0.2, 0.25) is 0 Å². The van der Waals surface area contributed by atoms with Crippen LogP contribution in [0, 0.1) is 0 Å². The van der Waals surface area contributed by atoms with E-state index < -0.39 is 0 Å². The maximum atomic E-state index is 9.16. The van der Waals surface area contributed by atoms with Crippen molar-refractivity contribution in [2.24, 2.45) is 0 Å². The Morgan fingerprint density at radius 2 is 1.54 bits per heavy atom. The van der Waals surface area contributed by atoms with Gasteiger partial charge in [0, 0.05) is 0 Å². The number of aromatic hydroxyl groups is 1. The topological polar surface area (TPSA) is 20.2 Å². The van der Waals surface area contributed by atoms with E-state index in [1.54, 1.807) is 0 Å². The molecule has 1 saturated heterocycles. The maximum Gasteiger partial charge on any atom is 0.115 e. The molecule has 1 heterocycles. The minimum absolute atomic E-state index is 0.110. The maximum absolute atomic E-state index is 9.16. The number of benzene rings is 1. The van der Waals surface area contributed by atoms with Gasteiger partial charge in [-0.25, -0.2) is 10.9 Å². The van der Waals surface area contributed by atoms with Crippen LogP contribution in [0.4, 0.5) is 0 Å². The van der Waals surface area contributed by atoms with Gasteiger partial charge in [0.1, 0.15) is 5.75 Å². The normalized spacial score (nSPS) is 20.2. The van der Waals surface area contributed by atoms with Gasteiger partial charge >= 0.3 is 0 Å². The van der Waals surface area contributed by atoms with Gasteiger partial charge in [-0.3, -0.25) is 0 Å². The average molecular weight is 196 g/mol. The first kappa shape index (κ1) is 8.95. The lowest BCUT2D eigenvalue weighted by Crippen LogP contribution is -2.02. The van der Waals surface area contributed by atoms with Crippen LogP contribution >= 0.6 is 10.9 Å². The Morgan fingerprint density at radius 1 is 0.923 bits per heavy atom. The van der Waals surface area contributed by atoms with Crippen molar-refractivity contribution in [1.82, 2.24) is 0 Å². The number of hydrogen-bond acceptors (Lipinski definition) is 1. The predicted molar refractivity (Wildman–Crippen MR) is 58.9 cm³/mol. The molecule has 0 atom stereocenters. The summed E-state index contributed by atoms with van der Waals surface area (Å²) in [5, 5.41) is 9.16. The Balaban J connectivity index is 2.10. The van der Waals surface area contributed by atoms with Gasteiger partial charge in [-0.15, -0.1) is 0 Å². The Kier molecular flexibility index (Phi) is 2.79. The van der Waals surface area contributed by atoms with Crippen LogP contribution in [0.1, 0.15) is 19.3 Å². The van der Waals surface area contributed by atoms with Crippen LogP contribution in [0.25, 0.3) is 0 Å². The molecule has 0 saturated carbocycles. The van der Waals surface area contributed by atoms with Crippen molar-refractivity contribution in [1.29, 1.82) is 0 Å². The molecule has 1 N–H and O–H groups in total. The Labute approximate surface area is 82.1 Å². The summed E-state index contributed by atoms with van der Waals surface area (Å²) in [6, 6.07) is 7.80. The van der Waals surface area contributed by atoms with Crippen molar-refractivity contribution in [2.75, 3.05) is 11.5 Å². The summed E-state index contributed by atoms with van der Waals surface area (Å²) in [7, 11) is 0.110. The van der Waals surface area contributed by atoms with Crippen LogP contribution in [0.3, 0.4) is 0 Å². The molecule has 2 rings (SSSR count). The molecule has 0 spiro atoms. The Hall–Kier alpha value is -0.630. The van der Waals surface area contributed by atoms with Gasteiger partial charge in [-0.2, -0.15) is 0 Å². The van der Waals surface area contributed by atoms with Crippen molar-refractivity contribution >= 4 is 10.9 Å². The smallest absolute Gasteiger partial charge is 0.115 e. The van der Waals surface area contributed by atoms with Gasteiger partial charge in [-0.05, 0) is 53.5 Å². The van der Waals surface area contributed by atoms with E-state index in [0.717, 1.165) is 0 Å². The minimum atomic E-state index is 0.110. The average Bonchev–Trinajstić information content (AvgIpc) is 2.20. The zero-order chi connectivity index (χ0) is 9.10. The van der Waals surface area contributed by atoms with E-state index >= 15 is 0 Å². The second kappa shape index (κ2) is 4.05. The Bertz CT molecular complexity index is 262. The lowest BCUT2D eigenvalue weighted by Gasteiger charge is -2.26. The number of phenols is 1. The highest BCUT2D eigenvalue weighted by molar-refractivity contribution is 8.17. The zero-order valence-corrected chi connectivity index (χ0v) is 8.63. The largest absolute Gasteiger partial charge is 0.508 e. The summed E-state index contributed by atoms with van der Waals surface area (Å²) < 4.78 is 0. The van der Waals surface area contributed by atoms with Crippen molar-refractivity contribution in [2.45, 2.75) is 24.2 Å². The molecule has 0 radical (unpaired) electrons. The van der Waals surface area contributed by atoms with E-state index in [2.05, 4.69) is 12.1 Å². The molecule has 1 aliphatic heterocycles. The lowest BCUT2D eigenvalue weighted by atomic mass is 10.3. The summed E-state index contributed by atoms with van der Waals surface area (Å²) in [6.07, 6.45) is 4.20. The molecule has 0 aromatic heterocycles. The van der Waals surface area contributed by atoms with Crippen LogP contribution in [-0.2, 0) is 0 Å². The molecule has 0 bridgehead atoms. The van der Waals surface area contributed by atoms with Crippen LogP contribution in [0.15, 0.2) is 29.2 Å². The standard InChI is InChI=1S/C11H16OS/c12-10-4-6-11(7-5-10)13-8-2-1-3-9-13/h4-7,12-13H,1-3,8-9H2. The van der Waals surface area contributed by atoms with Crippen molar-refractivity contribution < 1.29 is 5.11 Å². The first-order valence-corrected chi connectivity index (χ1v) is 6.61. The lowest BCUT2D eigenvalue weighted by molar-refractivity contribution is 0.475. The molecule has 0 unspecified atom stereocenters. The minimum Gasteiger partial charge on any atom is -0.508 e. The van der Waals surface area contributed by atoms with E-state index in [1.807, 2.05) is 12.1 Å². The Morgan fingerprint density at radius 3 is 2.15 bits per heavy atom. The van der Waals surface area contributed by atoms with E-state index in [1.165, 1.54) is 35.7 Å². The summed E-state index contributed by atoms with van der Waals surface area (Å²) in [5.74, 6) is 3.16. The van der Waals surface area contributed by atoms with Crippen LogP contribution in [-0.4, -0.2) is 16.6 Å². The number of hydrogen-bond donors (Lipinski definition) is 2. The van der Waals surface area contributed by atoms with E-state index in [4.69, 9.17) is 5.11 Å². The highest BCUT2D eigenvalue weighted by atomic mass is 32.2. The van der Waals surface area contributed by atoms with Gasteiger partial charge in [0.15, 0.2) is 0 Å². The molecule has 13 heavy (non-hydrogen) atoms.